The lowest BCUT2D eigenvalue weighted by atomic mass is 10.0. The van der Waals surface area contributed by atoms with Crippen molar-refractivity contribution in [2.24, 2.45) is 0 Å². The third kappa shape index (κ3) is 3.73. The van der Waals surface area contributed by atoms with Gasteiger partial charge in [-0.05, 0) is 49.2 Å². The Morgan fingerprint density at radius 2 is 2.13 bits per heavy atom. The first-order valence-corrected chi connectivity index (χ1v) is 9.51. The average Bonchev–Trinajstić information content (AvgIpc) is 3.12. The van der Waals surface area contributed by atoms with E-state index in [2.05, 4.69) is 15.7 Å². The van der Waals surface area contributed by atoms with E-state index >= 15 is 0 Å². The molecule has 0 fully saturated rings. The summed E-state index contributed by atoms with van der Waals surface area (Å²) in [5.74, 6) is -1.21. The normalized spacial score (nSPS) is 17.7. The van der Waals surface area contributed by atoms with E-state index in [9.17, 15) is 14.0 Å². The fourth-order valence-corrected chi connectivity index (χ4v) is 3.30. The van der Waals surface area contributed by atoms with E-state index in [0.29, 0.717) is 22.7 Å². The Bertz CT molecular complexity index is 1160. The number of carbonyl (C=O) groups excluding carboxylic acids is 2. The minimum absolute atomic E-state index is 0.282. The zero-order chi connectivity index (χ0) is 21.5. The van der Waals surface area contributed by atoms with Crippen LogP contribution in [0.2, 0.25) is 5.02 Å². The summed E-state index contributed by atoms with van der Waals surface area (Å²) in [6.07, 6.45) is 3.02. The minimum Gasteiger partial charge on any atom is -0.466 e. The molecule has 1 aliphatic rings. The highest BCUT2D eigenvalue weighted by Gasteiger charge is 2.47. The number of aromatic nitrogens is 2. The first kappa shape index (κ1) is 19.9. The van der Waals surface area contributed by atoms with Gasteiger partial charge in [0.2, 0.25) is 0 Å². The van der Waals surface area contributed by atoms with Crippen molar-refractivity contribution >= 4 is 34.8 Å². The Labute approximate surface area is 176 Å². The predicted molar refractivity (Wildman–Crippen MR) is 110 cm³/mol. The number of fused-ring (bicyclic) bond motifs is 1. The summed E-state index contributed by atoms with van der Waals surface area (Å²) in [5.41, 5.74) is 0.789. The van der Waals surface area contributed by atoms with Crippen molar-refractivity contribution in [1.29, 1.82) is 0 Å². The minimum atomic E-state index is -1.75. The summed E-state index contributed by atoms with van der Waals surface area (Å²) in [6, 6.07) is 9.42. The first-order valence-electron chi connectivity index (χ1n) is 9.13. The molecule has 2 amide bonds. The molecule has 0 bridgehead atoms. The summed E-state index contributed by atoms with van der Waals surface area (Å²) in [6.45, 7) is 3.59. The van der Waals surface area contributed by atoms with Crippen molar-refractivity contribution in [1.82, 2.24) is 9.78 Å². The third-order valence-electron chi connectivity index (χ3n) is 4.80. The fraction of sp³-hybridized carbons (Fsp3) is 0.190. The number of rotatable bonds is 4. The van der Waals surface area contributed by atoms with Crippen molar-refractivity contribution in [3.63, 3.8) is 0 Å². The summed E-state index contributed by atoms with van der Waals surface area (Å²) >= 11 is 6.05. The number of aryl methyl sites for hydroxylation is 1. The molecular formula is C21H18ClFN4O3. The molecule has 30 heavy (non-hydrogen) atoms. The zero-order valence-electron chi connectivity index (χ0n) is 16.2. The van der Waals surface area contributed by atoms with Gasteiger partial charge in [-0.1, -0.05) is 23.7 Å². The highest BCUT2D eigenvalue weighted by Crippen LogP contribution is 2.34. The second-order valence-electron chi connectivity index (χ2n) is 7.21. The van der Waals surface area contributed by atoms with E-state index in [0.717, 1.165) is 5.56 Å². The maximum Gasteiger partial charge on any atom is 0.278 e. The van der Waals surface area contributed by atoms with Crippen LogP contribution >= 0.6 is 11.6 Å². The molecular weight excluding hydrogens is 411 g/mol. The molecule has 0 spiro atoms. The molecule has 2 aromatic carbocycles. The number of carbonyl (C=O) groups is 2. The van der Waals surface area contributed by atoms with Crippen LogP contribution in [0.4, 0.5) is 15.8 Å². The van der Waals surface area contributed by atoms with Gasteiger partial charge < -0.3 is 15.4 Å². The van der Waals surface area contributed by atoms with Crippen LogP contribution in [0, 0.1) is 12.7 Å². The fourth-order valence-electron chi connectivity index (χ4n) is 3.08. The maximum atomic E-state index is 13.2. The van der Waals surface area contributed by atoms with Gasteiger partial charge in [0.05, 0.1) is 24.1 Å². The van der Waals surface area contributed by atoms with Crippen LogP contribution in [0.3, 0.4) is 0 Å². The van der Waals surface area contributed by atoms with Crippen molar-refractivity contribution in [2.75, 3.05) is 10.6 Å². The molecule has 9 heteroatoms. The van der Waals surface area contributed by atoms with E-state index in [-0.39, 0.29) is 11.6 Å². The number of hydrogen-bond acceptors (Lipinski definition) is 4. The van der Waals surface area contributed by atoms with Gasteiger partial charge in [0, 0.05) is 11.2 Å². The maximum absolute atomic E-state index is 13.2. The summed E-state index contributed by atoms with van der Waals surface area (Å²) in [4.78, 5) is 25.4. The second-order valence-corrected chi connectivity index (χ2v) is 7.61. The highest BCUT2D eigenvalue weighted by molar-refractivity contribution is 6.31. The molecule has 154 valence electrons. The smallest absolute Gasteiger partial charge is 0.278 e. The quantitative estimate of drug-likeness (QED) is 0.619. The molecule has 1 aromatic heterocycles. The molecule has 1 aliphatic heterocycles. The van der Waals surface area contributed by atoms with Crippen molar-refractivity contribution in [2.45, 2.75) is 26.0 Å². The molecule has 1 atom stereocenters. The largest absolute Gasteiger partial charge is 0.466 e. The highest BCUT2D eigenvalue weighted by atomic mass is 35.5. The standard InChI is InChI=1S/C21H18ClFN4O3/c1-12-3-6-18-17(7-12)26-20(29)21(2,30-18)19(28)25-15-9-24-27(11-15)10-13-4-5-14(23)8-16(13)22/h3-9,11H,10H2,1-2H3,(H,25,28)(H,26,29). The SMILES string of the molecule is Cc1ccc2c(c1)NC(=O)C(C)(C(=O)Nc1cnn(Cc3ccc(F)cc3Cl)c1)O2. The van der Waals surface area contributed by atoms with Gasteiger partial charge in [0.25, 0.3) is 17.4 Å². The van der Waals surface area contributed by atoms with Crippen LogP contribution in [0.5, 0.6) is 5.75 Å². The Morgan fingerprint density at radius 3 is 2.90 bits per heavy atom. The van der Waals surface area contributed by atoms with Gasteiger partial charge in [0.1, 0.15) is 11.6 Å². The molecule has 2 N–H and O–H groups in total. The number of halogens is 2. The van der Waals surface area contributed by atoms with Crippen LogP contribution in [-0.2, 0) is 16.1 Å². The van der Waals surface area contributed by atoms with Gasteiger partial charge in [-0.3, -0.25) is 14.3 Å². The average molecular weight is 429 g/mol. The Balaban J connectivity index is 1.49. The van der Waals surface area contributed by atoms with E-state index < -0.39 is 23.2 Å². The Kier molecular flexibility index (Phi) is 4.95. The number of amides is 2. The van der Waals surface area contributed by atoms with E-state index in [1.54, 1.807) is 24.4 Å². The van der Waals surface area contributed by atoms with Crippen molar-refractivity contribution in [3.8, 4) is 5.75 Å². The predicted octanol–water partition coefficient (Wildman–Crippen LogP) is 3.76. The Hall–Kier alpha value is -3.39. The van der Waals surface area contributed by atoms with Gasteiger partial charge in [-0.15, -0.1) is 0 Å². The molecule has 2 heterocycles. The van der Waals surface area contributed by atoms with Gasteiger partial charge in [0.15, 0.2) is 0 Å². The van der Waals surface area contributed by atoms with Crippen LogP contribution in [0.1, 0.15) is 18.1 Å². The number of benzene rings is 2. The van der Waals surface area contributed by atoms with Crippen LogP contribution in [-0.4, -0.2) is 27.2 Å². The van der Waals surface area contributed by atoms with Crippen LogP contribution in [0.25, 0.3) is 0 Å². The first-order chi connectivity index (χ1) is 14.2. The number of nitrogens with one attached hydrogen (secondary N) is 2. The number of hydrogen-bond donors (Lipinski definition) is 2. The summed E-state index contributed by atoms with van der Waals surface area (Å²) < 4.78 is 20.5. The van der Waals surface area contributed by atoms with Crippen LogP contribution < -0.4 is 15.4 Å². The van der Waals surface area contributed by atoms with Gasteiger partial charge in [-0.2, -0.15) is 5.10 Å². The van der Waals surface area contributed by atoms with E-state index in [1.165, 1.54) is 29.9 Å². The lowest BCUT2D eigenvalue weighted by Gasteiger charge is -2.33. The molecule has 0 saturated heterocycles. The molecule has 4 rings (SSSR count). The van der Waals surface area contributed by atoms with Gasteiger partial charge in [-0.25, -0.2) is 4.39 Å². The number of anilines is 2. The lowest BCUT2D eigenvalue weighted by Crippen LogP contribution is -2.56. The zero-order valence-corrected chi connectivity index (χ0v) is 17.0. The van der Waals surface area contributed by atoms with Crippen molar-refractivity contribution < 1.29 is 18.7 Å². The number of ether oxygens (including phenoxy) is 1. The topological polar surface area (TPSA) is 85.3 Å². The second kappa shape index (κ2) is 7.46. The molecule has 0 aliphatic carbocycles. The number of nitrogens with zero attached hydrogens (tertiary/aromatic N) is 2. The molecule has 3 aromatic rings. The lowest BCUT2D eigenvalue weighted by molar-refractivity contribution is -0.143. The monoisotopic (exact) mass is 428 g/mol. The van der Waals surface area contributed by atoms with Gasteiger partial charge >= 0.3 is 0 Å². The summed E-state index contributed by atoms with van der Waals surface area (Å²) in [5, 5.41) is 9.82. The molecule has 1 unspecified atom stereocenters. The molecule has 7 nitrogen and oxygen atoms in total. The van der Waals surface area contributed by atoms with Crippen LogP contribution in [0.15, 0.2) is 48.8 Å². The van der Waals surface area contributed by atoms with E-state index in [1.807, 2.05) is 13.0 Å². The van der Waals surface area contributed by atoms with Crippen molar-refractivity contribution in [3.05, 3.63) is 70.8 Å². The molecule has 0 radical (unpaired) electrons. The van der Waals surface area contributed by atoms with E-state index in [4.69, 9.17) is 16.3 Å². The summed E-state index contributed by atoms with van der Waals surface area (Å²) in [7, 11) is 0. The molecule has 0 saturated carbocycles. The third-order valence-corrected chi connectivity index (χ3v) is 5.15. The Morgan fingerprint density at radius 1 is 1.33 bits per heavy atom.